The van der Waals surface area contributed by atoms with Gasteiger partial charge in [-0.1, -0.05) is 23.6 Å². The van der Waals surface area contributed by atoms with Gasteiger partial charge in [0.2, 0.25) is 0 Å². The lowest BCUT2D eigenvalue weighted by Gasteiger charge is -2.08. The maximum Gasteiger partial charge on any atom is 0.0921 e. The van der Waals surface area contributed by atoms with Crippen LogP contribution in [0, 0.1) is 19.3 Å². The van der Waals surface area contributed by atoms with Gasteiger partial charge in [-0.25, -0.2) is 0 Å². The van der Waals surface area contributed by atoms with Crippen LogP contribution in [0.1, 0.15) is 17.2 Å². The van der Waals surface area contributed by atoms with Crippen molar-refractivity contribution in [1.29, 1.82) is 0 Å². The second kappa shape index (κ2) is 3.62. The molecule has 0 heterocycles. The van der Waals surface area contributed by atoms with Gasteiger partial charge in [-0.2, -0.15) is 0 Å². The first kappa shape index (κ1) is 9.12. The van der Waals surface area contributed by atoms with Gasteiger partial charge in [0.1, 0.15) is 0 Å². The van der Waals surface area contributed by atoms with Crippen molar-refractivity contribution >= 4 is 11.6 Å². The van der Waals surface area contributed by atoms with Gasteiger partial charge < -0.3 is 5.73 Å². The number of halogens is 1. The number of hydrogen-bond acceptors (Lipinski definition) is 1. The van der Waals surface area contributed by atoms with E-state index in [2.05, 4.69) is 5.92 Å². The van der Waals surface area contributed by atoms with E-state index in [4.69, 9.17) is 23.8 Å². The molecule has 1 aromatic rings. The summed E-state index contributed by atoms with van der Waals surface area (Å²) in [5, 5.41) is 0.668. The Labute approximate surface area is 77.5 Å². The van der Waals surface area contributed by atoms with Gasteiger partial charge in [0.05, 0.1) is 6.04 Å². The van der Waals surface area contributed by atoms with Gasteiger partial charge in [-0.15, -0.1) is 6.42 Å². The smallest absolute Gasteiger partial charge is 0.0921 e. The SMILES string of the molecule is C#CC(N)c1cc(Cl)ccc1C. The van der Waals surface area contributed by atoms with Crippen LogP contribution in [0.4, 0.5) is 0 Å². The number of aryl methyl sites for hydroxylation is 1. The summed E-state index contributed by atoms with van der Waals surface area (Å²) in [6, 6.07) is 5.18. The Bertz CT molecular complexity index is 325. The molecule has 0 aliphatic carbocycles. The first-order chi connectivity index (χ1) is 5.65. The van der Waals surface area contributed by atoms with Crippen LogP contribution < -0.4 is 5.73 Å². The molecular weight excluding hydrogens is 170 g/mol. The monoisotopic (exact) mass is 179 g/mol. The highest BCUT2D eigenvalue weighted by atomic mass is 35.5. The second-order valence-electron chi connectivity index (χ2n) is 2.65. The molecule has 1 aromatic carbocycles. The van der Waals surface area contributed by atoms with Crippen LogP contribution in [-0.2, 0) is 0 Å². The largest absolute Gasteiger partial charge is 0.314 e. The molecule has 0 amide bonds. The molecule has 2 heteroatoms. The summed E-state index contributed by atoms with van der Waals surface area (Å²) in [7, 11) is 0. The lowest BCUT2D eigenvalue weighted by Crippen LogP contribution is -2.08. The Hall–Kier alpha value is -0.970. The predicted molar refractivity (Wildman–Crippen MR) is 52.0 cm³/mol. The van der Waals surface area contributed by atoms with Crippen molar-refractivity contribution in [3.05, 3.63) is 34.3 Å². The summed E-state index contributed by atoms with van der Waals surface area (Å²) in [5.74, 6) is 2.47. The zero-order valence-electron chi connectivity index (χ0n) is 6.84. The number of terminal acetylenes is 1. The number of benzene rings is 1. The maximum absolute atomic E-state index is 5.79. The number of hydrogen-bond donors (Lipinski definition) is 1. The third-order valence-corrected chi connectivity index (χ3v) is 1.99. The lowest BCUT2D eigenvalue weighted by molar-refractivity contribution is 0.933. The molecule has 62 valence electrons. The summed E-state index contributed by atoms with van der Waals surface area (Å²) in [6.07, 6.45) is 5.20. The van der Waals surface area contributed by atoms with E-state index in [-0.39, 0.29) is 6.04 Å². The van der Waals surface area contributed by atoms with E-state index in [1.807, 2.05) is 19.1 Å². The van der Waals surface area contributed by atoms with E-state index in [0.29, 0.717) is 5.02 Å². The summed E-state index contributed by atoms with van der Waals surface area (Å²) in [4.78, 5) is 0. The fourth-order valence-corrected chi connectivity index (χ4v) is 1.22. The first-order valence-electron chi connectivity index (χ1n) is 3.63. The highest BCUT2D eigenvalue weighted by Crippen LogP contribution is 2.19. The predicted octanol–water partition coefficient (Wildman–Crippen LogP) is 2.28. The van der Waals surface area contributed by atoms with Gasteiger partial charge in [-0.3, -0.25) is 0 Å². The summed E-state index contributed by atoms with van der Waals surface area (Å²) in [5.41, 5.74) is 7.66. The van der Waals surface area contributed by atoms with E-state index >= 15 is 0 Å². The molecule has 1 nitrogen and oxygen atoms in total. The van der Waals surface area contributed by atoms with Crippen molar-refractivity contribution in [1.82, 2.24) is 0 Å². The Morgan fingerprint density at radius 3 is 2.83 bits per heavy atom. The molecule has 0 aliphatic heterocycles. The van der Waals surface area contributed by atoms with Crippen molar-refractivity contribution in [2.75, 3.05) is 0 Å². The minimum Gasteiger partial charge on any atom is -0.314 e. The standard InChI is InChI=1S/C10H10ClN/c1-3-10(12)9-6-8(11)5-4-7(9)2/h1,4-6,10H,12H2,2H3. The molecule has 1 unspecified atom stereocenters. The fourth-order valence-electron chi connectivity index (χ4n) is 1.04. The molecule has 1 rings (SSSR count). The van der Waals surface area contributed by atoms with Crippen LogP contribution >= 0.6 is 11.6 Å². The average molecular weight is 180 g/mol. The quantitative estimate of drug-likeness (QED) is 0.658. The Balaban J connectivity index is 3.15. The van der Waals surface area contributed by atoms with Gasteiger partial charge >= 0.3 is 0 Å². The van der Waals surface area contributed by atoms with Crippen LogP contribution in [0.5, 0.6) is 0 Å². The van der Waals surface area contributed by atoms with Crippen LogP contribution in [0.25, 0.3) is 0 Å². The van der Waals surface area contributed by atoms with Gasteiger partial charge in [-0.05, 0) is 30.2 Å². The molecule has 2 N–H and O–H groups in total. The number of nitrogens with two attached hydrogens (primary N) is 1. The highest BCUT2D eigenvalue weighted by molar-refractivity contribution is 6.30. The van der Waals surface area contributed by atoms with Crippen molar-refractivity contribution in [2.24, 2.45) is 5.73 Å². The molecule has 0 aliphatic rings. The normalized spacial score (nSPS) is 12.2. The summed E-state index contributed by atoms with van der Waals surface area (Å²) in [6.45, 7) is 1.96. The molecule has 0 spiro atoms. The third-order valence-electron chi connectivity index (χ3n) is 1.76. The van der Waals surface area contributed by atoms with E-state index < -0.39 is 0 Å². The van der Waals surface area contributed by atoms with Gasteiger partial charge in [0.25, 0.3) is 0 Å². The van der Waals surface area contributed by atoms with Crippen LogP contribution in [0.2, 0.25) is 5.02 Å². The average Bonchev–Trinajstić information content (AvgIpc) is 2.08. The van der Waals surface area contributed by atoms with Crippen LogP contribution in [-0.4, -0.2) is 0 Å². The number of rotatable bonds is 1. The topological polar surface area (TPSA) is 26.0 Å². The maximum atomic E-state index is 5.79. The van der Waals surface area contributed by atoms with Crippen LogP contribution in [0.15, 0.2) is 18.2 Å². The molecule has 0 saturated carbocycles. The molecule has 1 atom stereocenters. The molecule has 0 fully saturated rings. The van der Waals surface area contributed by atoms with E-state index in [9.17, 15) is 0 Å². The molecule has 0 bridgehead atoms. The lowest BCUT2D eigenvalue weighted by atomic mass is 10.0. The first-order valence-corrected chi connectivity index (χ1v) is 4.00. The molecule has 0 radical (unpaired) electrons. The summed E-state index contributed by atoms with van der Waals surface area (Å²) < 4.78 is 0. The Morgan fingerprint density at radius 2 is 2.25 bits per heavy atom. The molecular formula is C10H10ClN. The van der Waals surface area contributed by atoms with Crippen molar-refractivity contribution in [2.45, 2.75) is 13.0 Å². The van der Waals surface area contributed by atoms with Gasteiger partial charge in [0.15, 0.2) is 0 Å². The van der Waals surface area contributed by atoms with E-state index in [1.165, 1.54) is 0 Å². The van der Waals surface area contributed by atoms with Crippen molar-refractivity contribution in [3.8, 4) is 12.3 Å². The van der Waals surface area contributed by atoms with E-state index in [1.54, 1.807) is 6.07 Å². The summed E-state index contributed by atoms with van der Waals surface area (Å²) >= 11 is 5.79. The molecule has 0 saturated heterocycles. The minimum absolute atomic E-state index is 0.358. The minimum atomic E-state index is -0.358. The Kier molecular flexibility index (Phi) is 2.75. The van der Waals surface area contributed by atoms with Gasteiger partial charge in [0, 0.05) is 5.02 Å². The molecule has 0 aromatic heterocycles. The fraction of sp³-hybridized carbons (Fsp3) is 0.200. The van der Waals surface area contributed by atoms with Crippen LogP contribution in [0.3, 0.4) is 0 Å². The zero-order chi connectivity index (χ0) is 9.14. The second-order valence-corrected chi connectivity index (χ2v) is 3.08. The molecule has 12 heavy (non-hydrogen) atoms. The van der Waals surface area contributed by atoms with E-state index in [0.717, 1.165) is 11.1 Å². The highest BCUT2D eigenvalue weighted by Gasteiger charge is 2.05. The zero-order valence-corrected chi connectivity index (χ0v) is 7.60. The Morgan fingerprint density at radius 1 is 1.58 bits per heavy atom. The third kappa shape index (κ3) is 1.79. The van der Waals surface area contributed by atoms with Crippen molar-refractivity contribution < 1.29 is 0 Å². The van der Waals surface area contributed by atoms with Crippen molar-refractivity contribution in [3.63, 3.8) is 0 Å².